The minimum Gasteiger partial charge on any atom is -0.388 e. The molecule has 0 saturated carbocycles. The average Bonchev–Trinajstić information content (AvgIpc) is 2.35. The number of hydrogen-bond donors (Lipinski definition) is 2. The second-order valence-corrected chi connectivity index (χ2v) is 2.31. The molecule has 0 heterocycles. The molecule has 0 saturated heterocycles. The molecule has 0 aromatic carbocycles. The van der Waals surface area contributed by atoms with E-state index < -0.39 is 0 Å². The van der Waals surface area contributed by atoms with Crippen LogP contribution in [0.3, 0.4) is 0 Å². The van der Waals surface area contributed by atoms with Gasteiger partial charge in [-0.1, -0.05) is 0 Å². The number of amidine groups is 2. The summed E-state index contributed by atoms with van der Waals surface area (Å²) in [7, 11) is 6.26. The fraction of sp³-hybridized carbons (Fsp3) is 0.250. The zero-order valence-electron chi connectivity index (χ0n) is 10.7. The van der Waals surface area contributed by atoms with Crippen LogP contribution < -0.4 is 11.5 Å². The molecule has 0 atom stereocenters. The molecule has 0 fully saturated rings. The van der Waals surface area contributed by atoms with Gasteiger partial charge in [0.1, 0.15) is 12.7 Å². The van der Waals surface area contributed by atoms with Gasteiger partial charge in [0.15, 0.2) is 11.7 Å². The minimum atomic E-state index is 0. The van der Waals surface area contributed by atoms with Crippen LogP contribution in [0.4, 0.5) is 0 Å². The molecule has 0 aliphatic rings. The molecule has 11 heteroatoms. The summed E-state index contributed by atoms with van der Waals surface area (Å²) in [6.07, 6.45) is 2.14. The predicted octanol–water partition coefficient (Wildman–Crippen LogP) is 1.10. The monoisotopic (exact) mass is 436 g/mol. The number of azo groups is 2. The van der Waals surface area contributed by atoms with Crippen molar-refractivity contribution in [2.75, 3.05) is 0 Å². The van der Waals surface area contributed by atoms with E-state index in [0.29, 0.717) is 11.7 Å². The predicted molar refractivity (Wildman–Crippen MR) is 72.0 cm³/mol. The normalized spacial score (nSPS) is 12.9. The van der Waals surface area contributed by atoms with Crippen molar-refractivity contribution in [1.29, 1.82) is 0 Å². The van der Waals surface area contributed by atoms with E-state index >= 15 is 0 Å². The van der Waals surface area contributed by atoms with Crippen LogP contribution in [0, 0.1) is 14.1 Å². The molecule has 0 aliphatic heterocycles. The molecule has 104 valence electrons. The summed E-state index contributed by atoms with van der Waals surface area (Å²) >= 11 is 0. The molecule has 0 bridgehead atoms. The number of nitrogens with two attached hydrogens (primary N) is 2. The van der Waals surface area contributed by atoms with Gasteiger partial charge >= 0.3 is 21.1 Å². The van der Waals surface area contributed by atoms with Gasteiger partial charge < -0.3 is 21.7 Å². The van der Waals surface area contributed by atoms with Gasteiger partial charge in [0.05, 0.1) is 0 Å². The average molecular weight is 436 g/mol. The van der Waals surface area contributed by atoms with Gasteiger partial charge in [0, 0.05) is 0 Å². The van der Waals surface area contributed by atoms with E-state index in [1.807, 2.05) is 0 Å². The molecule has 10 nitrogen and oxygen atoms in total. The third-order valence-electron chi connectivity index (χ3n) is 0.969. The molecule has 0 spiro atoms. The van der Waals surface area contributed by atoms with Crippen molar-refractivity contribution in [3.05, 3.63) is 14.1 Å². The van der Waals surface area contributed by atoms with E-state index in [0.717, 1.165) is 12.7 Å². The van der Waals surface area contributed by atoms with Gasteiger partial charge in [-0.05, 0) is 13.8 Å². The maximum Gasteiger partial charge on any atom is 2.00 e. The Balaban J connectivity index is -0.000000256. The molecule has 0 aliphatic carbocycles. The van der Waals surface area contributed by atoms with Crippen LogP contribution in [-0.2, 0) is 21.1 Å². The summed E-state index contributed by atoms with van der Waals surface area (Å²) in [5.41, 5.74) is 9.77. The summed E-state index contributed by atoms with van der Waals surface area (Å²) in [5.74, 6) is 0.846. The topological polar surface area (TPSA) is 151 Å². The Morgan fingerprint density at radius 3 is 1.37 bits per heavy atom. The Morgan fingerprint density at radius 2 is 1.16 bits per heavy atom. The van der Waals surface area contributed by atoms with Gasteiger partial charge in [0.2, 0.25) is 0 Å². The first-order valence-electron chi connectivity index (χ1n) is 4.51. The van der Waals surface area contributed by atoms with Crippen LogP contribution in [-0.4, -0.2) is 24.3 Å². The first-order valence-corrected chi connectivity index (χ1v) is 4.51. The maximum absolute atomic E-state index is 4.89. The Kier molecular flexibility index (Phi) is 21.3. The molecular formula is C8H16N10W. The molecule has 0 aromatic heterocycles. The molecule has 0 aromatic rings. The zero-order chi connectivity index (χ0) is 14.2. The summed E-state index contributed by atoms with van der Waals surface area (Å²) < 4.78 is 0. The van der Waals surface area contributed by atoms with Crippen LogP contribution in [0.25, 0.3) is 0 Å². The van der Waals surface area contributed by atoms with Gasteiger partial charge in [0.25, 0.3) is 0 Å². The van der Waals surface area contributed by atoms with E-state index in [-0.39, 0.29) is 21.1 Å². The van der Waals surface area contributed by atoms with E-state index in [9.17, 15) is 0 Å². The third-order valence-corrected chi connectivity index (χ3v) is 0.969. The molecule has 19 heavy (non-hydrogen) atoms. The van der Waals surface area contributed by atoms with E-state index in [1.54, 1.807) is 13.8 Å². The molecule has 0 amide bonds. The van der Waals surface area contributed by atoms with E-state index in [4.69, 9.17) is 11.5 Å². The number of rotatable bonds is 2. The first kappa shape index (κ1) is 22.1. The van der Waals surface area contributed by atoms with Crippen molar-refractivity contribution in [2.45, 2.75) is 13.8 Å². The van der Waals surface area contributed by atoms with Crippen LogP contribution in [0.5, 0.6) is 0 Å². The summed E-state index contributed by atoms with van der Waals surface area (Å²) in [5, 5.41) is 27.0. The van der Waals surface area contributed by atoms with Gasteiger partial charge in [-0.3, -0.25) is 14.1 Å². The van der Waals surface area contributed by atoms with E-state index in [1.165, 1.54) is 0 Å². The van der Waals surface area contributed by atoms with Crippen molar-refractivity contribution in [1.82, 2.24) is 0 Å². The standard InChI is InChI=1S/2C4H8N5.W/c2*1-4(8-6-2)9-7-3-5;/h2*3H,2H2,1H3,(H2,5,7);/q2*-1;+2/b2*8-6?,9-4-;. The van der Waals surface area contributed by atoms with Crippen molar-refractivity contribution >= 4 is 24.3 Å². The van der Waals surface area contributed by atoms with Crippen molar-refractivity contribution in [2.24, 2.45) is 52.3 Å². The summed E-state index contributed by atoms with van der Waals surface area (Å²) in [6.45, 7) is 3.28. The second kappa shape index (κ2) is 18.3. The van der Waals surface area contributed by atoms with Gasteiger partial charge in [-0.25, -0.2) is 0 Å². The molecule has 0 unspecified atom stereocenters. The molecule has 0 radical (unpaired) electrons. The number of hydrogen-bond acceptors (Lipinski definition) is 6. The molecule has 0 rings (SSSR count). The fourth-order valence-electron chi connectivity index (χ4n) is 0.478. The quantitative estimate of drug-likeness (QED) is 0.219. The summed E-state index contributed by atoms with van der Waals surface area (Å²) in [4.78, 5) is 0. The second-order valence-electron chi connectivity index (χ2n) is 2.31. The number of nitrogens with zero attached hydrogens (tertiary/aromatic N) is 8. The molecular weight excluding hydrogens is 420 g/mol. The zero-order valence-corrected chi connectivity index (χ0v) is 13.6. The van der Waals surface area contributed by atoms with Gasteiger partial charge in [-0.2, -0.15) is 10.2 Å². The SMILES string of the molecule is [CH2-]N=N/C(C)=N\N=C\N.[CH2-]N=N/C(C)=N\N=C\N.[W+2]. The van der Waals surface area contributed by atoms with Crippen molar-refractivity contribution < 1.29 is 21.1 Å². The van der Waals surface area contributed by atoms with Gasteiger partial charge in [-0.15, -0.1) is 20.4 Å². The Labute approximate surface area is 126 Å². The first-order chi connectivity index (χ1) is 8.62. The Bertz CT molecular complexity index is 332. The fourth-order valence-corrected chi connectivity index (χ4v) is 0.478. The van der Waals surface area contributed by atoms with Crippen molar-refractivity contribution in [3.8, 4) is 0 Å². The van der Waals surface area contributed by atoms with E-state index in [2.05, 4.69) is 55.0 Å². The van der Waals surface area contributed by atoms with Crippen LogP contribution >= 0.6 is 0 Å². The Morgan fingerprint density at radius 1 is 0.842 bits per heavy atom. The van der Waals surface area contributed by atoms with Crippen LogP contribution in [0.15, 0.2) is 40.9 Å². The minimum absolute atomic E-state index is 0. The largest absolute Gasteiger partial charge is 2.00 e. The maximum atomic E-state index is 4.89. The third kappa shape index (κ3) is 21.7. The molecule has 4 N–H and O–H groups in total. The Hall–Kier alpha value is -2.09. The smallest absolute Gasteiger partial charge is 0.388 e. The van der Waals surface area contributed by atoms with Crippen LogP contribution in [0.1, 0.15) is 13.8 Å². The summed E-state index contributed by atoms with van der Waals surface area (Å²) in [6, 6.07) is 0. The van der Waals surface area contributed by atoms with Crippen LogP contribution in [0.2, 0.25) is 0 Å². The van der Waals surface area contributed by atoms with Crippen molar-refractivity contribution in [3.63, 3.8) is 0 Å².